The summed E-state index contributed by atoms with van der Waals surface area (Å²) in [6.45, 7) is 0. The van der Waals surface area contributed by atoms with Crippen molar-refractivity contribution >= 4 is 10.0 Å². The third-order valence-electron chi connectivity index (χ3n) is 4.69. The van der Waals surface area contributed by atoms with Crippen LogP contribution in [0.25, 0.3) is 0 Å². The lowest BCUT2D eigenvalue weighted by molar-refractivity contribution is -0.138. The van der Waals surface area contributed by atoms with E-state index < -0.39 is 26.7 Å². The van der Waals surface area contributed by atoms with Crippen LogP contribution in [0.3, 0.4) is 0 Å². The number of halogens is 3. The van der Waals surface area contributed by atoms with Gasteiger partial charge in [-0.3, -0.25) is 0 Å². The average Bonchev–Trinajstić information content (AvgIpc) is 2.07. The smallest absolute Gasteiger partial charge is 0.390 e. The topological polar surface area (TPSA) is 66.4 Å². The highest BCUT2D eigenvalue weighted by Gasteiger charge is 2.60. The van der Waals surface area contributed by atoms with E-state index in [4.69, 9.17) is 0 Å². The molecule has 110 valence electrons. The predicted molar refractivity (Wildman–Crippen MR) is 60.5 cm³/mol. The monoisotopic (exact) mass is 299 g/mol. The molecule has 19 heavy (non-hydrogen) atoms. The molecule has 4 fully saturated rings. The van der Waals surface area contributed by atoms with Crippen LogP contribution in [-0.4, -0.2) is 30.2 Å². The maximum absolute atomic E-state index is 12.5. The summed E-state index contributed by atoms with van der Waals surface area (Å²) >= 11 is 0. The van der Waals surface area contributed by atoms with Crippen molar-refractivity contribution in [2.75, 3.05) is 0 Å². The molecule has 0 radical (unpaired) electrons. The van der Waals surface area contributed by atoms with Crippen LogP contribution < -0.4 is 4.72 Å². The van der Waals surface area contributed by atoms with Crippen LogP contribution in [0.5, 0.6) is 0 Å². The van der Waals surface area contributed by atoms with Gasteiger partial charge in [0.05, 0.1) is 5.60 Å². The second kappa shape index (κ2) is 3.65. The van der Waals surface area contributed by atoms with E-state index in [1.807, 2.05) is 4.72 Å². The summed E-state index contributed by atoms with van der Waals surface area (Å²) in [6, 6.07) is 0. The van der Waals surface area contributed by atoms with Crippen molar-refractivity contribution in [3.8, 4) is 0 Å². The molecular weight excluding hydrogens is 283 g/mol. The van der Waals surface area contributed by atoms with Gasteiger partial charge in [0.1, 0.15) is 0 Å². The van der Waals surface area contributed by atoms with Crippen LogP contribution in [-0.2, 0) is 10.0 Å². The summed E-state index contributed by atoms with van der Waals surface area (Å²) in [4.78, 5) is 0. The average molecular weight is 299 g/mol. The Hall–Kier alpha value is -0.340. The molecule has 8 heteroatoms. The van der Waals surface area contributed by atoms with Crippen molar-refractivity contribution < 1.29 is 26.7 Å². The zero-order valence-corrected chi connectivity index (χ0v) is 11.0. The van der Waals surface area contributed by atoms with Gasteiger partial charge in [-0.1, -0.05) is 0 Å². The van der Waals surface area contributed by atoms with E-state index in [-0.39, 0.29) is 18.3 Å². The quantitative estimate of drug-likeness (QED) is 0.812. The van der Waals surface area contributed by atoms with E-state index in [1.54, 1.807) is 0 Å². The number of nitrogens with one attached hydrogen (secondary N) is 1. The first-order valence-electron chi connectivity index (χ1n) is 6.35. The first-order chi connectivity index (χ1) is 8.53. The van der Waals surface area contributed by atoms with Crippen molar-refractivity contribution in [3.63, 3.8) is 0 Å². The Labute approximate surface area is 109 Å². The maximum atomic E-state index is 12.5. The molecule has 0 aliphatic heterocycles. The normalized spacial score (nSPS) is 45.7. The highest BCUT2D eigenvalue weighted by Crippen LogP contribution is 2.57. The molecule has 4 aliphatic carbocycles. The van der Waals surface area contributed by atoms with Gasteiger partial charge in [-0.05, 0) is 50.4 Å². The molecule has 0 aromatic heterocycles. The lowest BCUT2D eigenvalue weighted by Crippen LogP contribution is -2.66. The van der Waals surface area contributed by atoms with Gasteiger partial charge in [-0.2, -0.15) is 13.2 Å². The van der Waals surface area contributed by atoms with Gasteiger partial charge in [-0.25, -0.2) is 13.1 Å². The SMILES string of the molecule is O=S(=O)(NC12CC3CC(CC(O)(C3)C1)C2)C(F)(F)F. The molecule has 0 heterocycles. The van der Waals surface area contributed by atoms with Gasteiger partial charge in [0.25, 0.3) is 0 Å². The van der Waals surface area contributed by atoms with Crippen LogP contribution >= 0.6 is 0 Å². The minimum absolute atomic E-state index is 0.0995. The fourth-order valence-corrected chi connectivity index (χ4v) is 5.60. The highest BCUT2D eigenvalue weighted by molar-refractivity contribution is 7.90. The third-order valence-corrected chi connectivity index (χ3v) is 6.00. The van der Waals surface area contributed by atoms with Crippen LogP contribution in [0.1, 0.15) is 38.5 Å². The Morgan fingerprint density at radius 1 is 1.11 bits per heavy atom. The number of sulfonamides is 1. The minimum atomic E-state index is -5.35. The molecule has 4 aliphatic rings. The van der Waals surface area contributed by atoms with Crippen molar-refractivity contribution in [3.05, 3.63) is 0 Å². The Kier molecular flexibility index (Phi) is 2.62. The van der Waals surface area contributed by atoms with Gasteiger partial charge in [-0.15, -0.1) is 0 Å². The molecule has 4 nitrogen and oxygen atoms in total. The van der Waals surface area contributed by atoms with Gasteiger partial charge >= 0.3 is 15.5 Å². The molecule has 4 rings (SSSR count). The summed E-state index contributed by atoms with van der Waals surface area (Å²) < 4.78 is 62.0. The second-order valence-electron chi connectivity index (χ2n) is 6.52. The van der Waals surface area contributed by atoms with Crippen LogP contribution in [0.15, 0.2) is 0 Å². The van der Waals surface area contributed by atoms with E-state index in [0.717, 1.165) is 6.42 Å². The lowest BCUT2D eigenvalue weighted by Gasteiger charge is -2.60. The Morgan fingerprint density at radius 3 is 2.05 bits per heavy atom. The summed E-state index contributed by atoms with van der Waals surface area (Å²) in [7, 11) is -5.35. The summed E-state index contributed by atoms with van der Waals surface area (Å²) in [5.41, 5.74) is -7.38. The van der Waals surface area contributed by atoms with Gasteiger partial charge in [0.15, 0.2) is 0 Å². The molecule has 0 aromatic rings. The fraction of sp³-hybridized carbons (Fsp3) is 1.00. The molecule has 4 saturated carbocycles. The highest BCUT2D eigenvalue weighted by atomic mass is 32.2. The minimum Gasteiger partial charge on any atom is -0.390 e. The van der Waals surface area contributed by atoms with E-state index >= 15 is 0 Å². The molecule has 2 unspecified atom stereocenters. The van der Waals surface area contributed by atoms with E-state index in [9.17, 15) is 26.7 Å². The van der Waals surface area contributed by atoms with E-state index in [0.29, 0.717) is 25.7 Å². The van der Waals surface area contributed by atoms with Crippen LogP contribution in [0, 0.1) is 11.8 Å². The Balaban J connectivity index is 1.89. The molecular formula is C11H16F3NO3S. The summed E-state index contributed by atoms with van der Waals surface area (Å²) in [5.74, 6) is 0.254. The molecule has 0 aromatic carbocycles. The van der Waals surface area contributed by atoms with Crippen LogP contribution in [0.2, 0.25) is 0 Å². The number of aliphatic hydroxyl groups is 1. The van der Waals surface area contributed by atoms with E-state index in [1.165, 1.54) is 0 Å². The largest absolute Gasteiger partial charge is 0.511 e. The number of rotatable bonds is 2. The number of hydrogen-bond acceptors (Lipinski definition) is 3. The molecule has 2 atom stereocenters. The Bertz CT molecular complexity index is 488. The maximum Gasteiger partial charge on any atom is 0.511 e. The lowest BCUT2D eigenvalue weighted by atomic mass is 9.51. The van der Waals surface area contributed by atoms with Crippen molar-refractivity contribution in [2.45, 2.75) is 55.2 Å². The Morgan fingerprint density at radius 2 is 1.63 bits per heavy atom. The zero-order valence-electron chi connectivity index (χ0n) is 10.2. The fourth-order valence-electron chi connectivity index (χ4n) is 4.68. The molecule has 0 spiro atoms. The van der Waals surface area contributed by atoms with Crippen molar-refractivity contribution in [1.29, 1.82) is 0 Å². The predicted octanol–water partition coefficient (Wildman–Crippen LogP) is 1.51. The van der Waals surface area contributed by atoms with Gasteiger partial charge in [0, 0.05) is 5.54 Å². The van der Waals surface area contributed by atoms with E-state index in [2.05, 4.69) is 0 Å². The van der Waals surface area contributed by atoms with Crippen molar-refractivity contribution in [2.24, 2.45) is 11.8 Å². The molecule has 0 amide bonds. The molecule has 4 bridgehead atoms. The summed E-state index contributed by atoms with van der Waals surface area (Å²) in [6.07, 6.45) is 2.96. The first kappa shape index (κ1) is 13.6. The van der Waals surface area contributed by atoms with Gasteiger partial charge < -0.3 is 5.11 Å². The van der Waals surface area contributed by atoms with Crippen LogP contribution in [0.4, 0.5) is 13.2 Å². The molecule has 2 N–H and O–H groups in total. The number of hydrogen-bond donors (Lipinski definition) is 2. The third kappa shape index (κ3) is 2.17. The van der Waals surface area contributed by atoms with Gasteiger partial charge in [0.2, 0.25) is 0 Å². The standard InChI is InChI=1S/C11H16F3NO3S/c12-11(13,14)19(17,18)15-9-2-7-1-8(3-9)5-10(16,4-7)6-9/h7-8,15-16H,1-6H2. The molecule has 0 saturated heterocycles. The van der Waals surface area contributed by atoms with Crippen molar-refractivity contribution in [1.82, 2.24) is 4.72 Å². The second-order valence-corrected chi connectivity index (χ2v) is 8.19. The number of alkyl halides is 3. The summed E-state index contributed by atoms with van der Waals surface area (Å²) in [5, 5.41) is 10.4. The zero-order chi connectivity index (χ0) is 14.1. The first-order valence-corrected chi connectivity index (χ1v) is 7.84.